The molecule has 1 saturated heterocycles. The van der Waals surface area contributed by atoms with Gasteiger partial charge in [-0.25, -0.2) is 0 Å². The number of carbonyl (C=O) groups is 3. The third kappa shape index (κ3) is 6.45. The van der Waals surface area contributed by atoms with Gasteiger partial charge in [-0.2, -0.15) is 0 Å². The van der Waals surface area contributed by atoms with Crippen molar-refractivity contribution in [3.63, 3.8) is 0 Å². The molecule has 11 atom stereocenters. The van der Waals surface area contributed by atoms with Crippen LogP contribution in [0.5, 0.6) is 5.75 Å². The maximum atomic E-state index is 14.1. The number of nitrogens with one attached hydrogen (secondary N) is 1. The number of carboxylic acids is 1. The molecule has 1 aromatic carbocycles. The Morgan fingerprint density at radius 3 is 2.26 bits per heavy atom. The largest absolute Gasteiger partial charge is 0.488 e. The van der Waals surface area contributed by atoms with Crippen LogP contribution in [0.3, 0.4) is 0 Å². The normalized spacial score (nSPS) is 41.2. The summed E-state index contributed by atoms with van der Waals surface area (Å²) in [5.74, 6) is 1.08. The molecule has 6 aliphatic carbocycles. The summed E-state index contributed by atoms with van der Waals surface area (Å²) in [6, 6.07) is 8.46. The highest BCUT2D eigenvalue weighted by Gasteiger charge is 2.70. The second-order valence-electron chi connectivity index (χ2n) is 22.4. The number of benzene rings is 1. The van der Waals surface area contributed by atoms with Gasteiger partial charge in [0.2, 0.25) is 0 Å². The minimum atomic E-state index is -0.816. The molecule has 2 N–H and O–H groups in total. The van der Waals surface area contributed by atoms with E-state index in [2.05, 4.69) is 78.0 Å². The third-order valence-corrected chi connectivity index (χ3v) is 18.8. The Kier molecular flexibility index (Phi) is 10.7. The predicted molar refractivity (Wildman–Crippen MR) is 225 cm³/mol. The smallest absolute Gasteiger partial charge is 0.309 e. The van der Waals surface area contributed by atoms with E-state index in [4.69, 9.17) is 14.2 Å². The van der Waals surface area contributed by atoms with Gasteiger partial charge in [-0.1, -0.05) is 80.0 Å². The van der Waals surface area contributed by atoms with E-state index in [-0.39, 0.29) is 57.1 Å². The summed E-state index contributed by atoms with van der Waals surface area (Å²) in [4.78, 5) is 39.6. The summed E-state index contributed by atoms with van der Waals surface area (Å²) < 4.78 is 18.0. The molecule has 8 heteroatoms. The van der Waals surface area contributed by atoms with Crippen molar-refractivity contribution in [3.8, 4) is 5.75 Å². The molecule has 7 aliphatic rings. The minimum Gasteiger partial charge on any atom is -0.488 e. The van der Waals surface area contributed by atoms with Crippen LogP contribution < -0.4 is 10.1 Å². The Morgan fingerprint density at radius 2 is 1.60 bits per heavy atom. The van der Waals surface area contributed by atoms with Crippen LogP contribution in [0.15, 0.2) is 35.4 Å². The number of esters is 1. The van der Waals surface area contributed by atoms with E-state index >= 15 is 0 Å². The third-order valence-electron chi connectivity index (χ3n) is 18.8. The van der Waals surface area contributed by atoms with Crippen molar-refractivity contribution in [2.75, 3.05) is 19.8 Å². The Hall–Kier alpha value is -2.71. The fourth-order valence-electron chi connectivity index (χ4n) is 15.2. The van der Waals surface area contributed by atoms with E-state index < -0.39 is 17.3 Å². The molecule has 0 unspecified atom stereocenters. The van der Waals surface area contributed by atoms with Crippen molar-refractivity contribution in [2.45, 2.75) is 158 Å². The van der Waals surface area contributed by atoms with Crippen LogP contribution >= 0.6 is 0 Å². The second kappa shape index (κ2) is 14.7. The molecule has 1 heterocycles. The van der Waals surface area contributed by atoms with Crippen LogP contribution in [0.4, 0.5) is 0 Å². The molecule has 0 radical (unpaired) electrons. The van der Waals surface area contributed by atoms with Crippen LogP contribution in [0.1, 0.15) is 145 Å². The zero-order chi connectivity index (χ0) is 41.6. The number of fused-ring (bicyclic) bond motifs is 7. The molecule has 0 bridgehead atoms. The Labute approximate surface area is 348 Å². The zero-order valence-corrected chi connectivity index (χ0v) is 37.1. The van der Waals surface area contributed by atoms with E-state index in [0.717, 1.165) is 82.4 Å². The molecule has 1 aliphatic heterocycles. The van der Waals surface area contributed by atoms with Gasteiger partial charge in [0.15, 0.2) is 5.78 Å². The fourth-order valence-corrected chi connectivity index (χ4v) is 15.2. The van der Waals surface area contributed by atoms with Gasteiger partial charge in [0.25, 0.3) is 0 Å². The number of aliphatic carboxylic acids is 1. The molecule has 1 aromatic rings. The molecule has 5 saturated carbocycles. The summed E-state index contributed by atoms with van der Waals surface area (Å²) in [5, 5.41) is 13.5. The number of rotatable bonds is 11. The first-order valence-corrected chi connectivity index (χ1v) is 23.0. The highest BCUT2D eigenvalue weighted by molar-refractivity contribution is 6.00. The van der Waals surface area contributed by atoms with Crippen molar-refractivity contribution in [1.82, 2.24) is 5.32 Å². The average molecular weight is 800 g/mol. The maximum Gasteiger partial charge on any atom is 0.309 e. The van der Waals surface area contributed by atoms with E-state index in [9.17, 15) is 19.5 Å². The number of ether oxygens (including phenoxy) is 3. The molecular formula is C50H73NO7. The Bertz CT molecular complexity index is 1810. The summed E-state index contributed by atoms with van der Waals surface area (Å²) in [5.41, 5.74) is 3.52. The first kappa shape index (κ1) is 42.0. The van der Waals surface area contributed by atoms with Crippen molar-refractivity contribution >= 4 is 17.7 Å². The van der Waals surface area contributed by atoms with Gasteiger partial charge in [0.1, 0.15) is 18.0 Å². The van der Waals surface area contributed by atoms with Crippen LogP contribution in [-0.2, 0) is 30.4 Å². The average Bonchev–Trinajstić information content (AvgIpc) is 3.77. The molecule has 8 rings (SSSR count). The van der Waals surface area contributed by atoms with E-state index in [0.29, 0.717) is 43.0 Å². The van der Waals surface area contributed by atoms with Gasteiger partial charge in [0, 0.05) is 30.2 Å². The van der Waals surface area contributed by atoms with Crippen LogP contribution in [0, 0.1) is 68.0 Å². The number of carbonyl (C=O) groups excluding carboxylic acids is 2. The zero-order valence-electron chi connectivity index (χ0n) is 37.1. The van der Waals surface area contributed by atoms with Crippen molar-refractivity contribution in [1.29, 1.82) is 0 Å². The van der Waals surface area contributed by atoms with E-state index in [1.807, 2.05) is 13.8 Å². The highest BCUT2D eigenvalue weighted by atomic mass is 16.5. The first-order valence-electron chi connectivity index (χ1n) is 23.0. The van der Waals surface area contributed by atoms with Crippen LogP contribution in [-0.4, -0.2) is 54.8 Å². The Morgan fingerprint density at radius 1 is 0.862 bits per heavy atom. The lowest BCUT2D eigenvalue weighted by molar-refractivity contribution is -0.236. The molecule has 320 valence electrons. The monoisotopic (exact) mass is 800 g/mol. The second-order valence-corrected chi connectivity index (χ2v) is 22.4. The predicted octanol–water partition coefficient (Wildman–Crippen LogP) is 9.97. The fraction of sp³-hybridized carbons (Fsp3) is 0.780. The molecule has 6 fully saturated rings. The number of Topliss-reactive ketones (excluding diaryl/α,β-unsaturated/α-hetero) is 1. The lowest BCUT2D eigenvalue weighted by Crippen LogP contribution is -2.66. The van der Waals surface area contributed by atoms with Gasteiger partial charge in [0.05, 0.1) is 25.0 Å². The minimum absolute atomic E-state index is 0.0529. The highest BCUT2D eigenvalue weighted by Crippen LogP contribution is 2.77. The summed E-state index contributed by atoms with van der Waals surface area (Å²) >= 11 is 0. The number of allylic oxidation sites excluding steroid dienone is 2. The molecule has 0 spiro atoms. The molecule has 58 heavy (non-hydrogen) atoms. The summed E-state index contributed by atoms with van der Waals surface area (Å²) in [6.07, 6.45) is 11.7. The summed E-state index contributed by atoms with van der Waals surface area (Å²) in [6.45, 7) is 24.0. The van der Waals surface area contributed by atoms with Gasteiger partial charge >= 0.3 is 11.9 Å². The van der Waals surface area contributed by atoms with Crippen LogP contribution in [0.2, 0.25) is 0 Å². The van der Waals surface area contributed by atoms with Crippen molar-refractivity contribution in [2.24, 2.45) is 68.0 Å². The van der Waals surface area contributed by atoms with E-state index in [1.165, 1.54) is 18.4 Å². The molecular weight excluding hydrogens is 727 g/mol. The molecule has 0 amide bonds. The Balaban J connectivity index is 0.969. The number of hydrogen-bond acceptors (Lipinski definition) is 7. The first-order chi connectivity index (χ1) is 27.3. The maximum absolute atomic E-state index is 14.1. The van der Waals surface area contributed by atoms with Gasteiger partial charge < -0.3 is 24.6 Å². The topological polar surface area (TPSA) is 111 Å². The lowest BCUT2D eigenvalue weighted by atomic mass is 9.33. The summed E-state index contributed by atoms with van der Waals surface area (Å²) in [7, 11) is 0. The number of hydrogen-bond donors (Lipinski definition) is 2. The molecule has 8 nitrogen and oxygen atoms in total. The quantitative estimate of drug-likeness (QED) is 0.168. The standard InChI is InChI=1S/C50H73NO7/c1-30(2)41-37(52)27-50(23-24-51-28-31-10-12-32(13-11-31)57-33-18-25-56-29-33)22-21-48(8)34(42(41)50)14-15-39-47(7)19-17-40(46(5,6)38(47)16-20-49(39,48)9)58-44(55)36-26-35(43(53)54)45(36,3)4/h10-13,30,33-36,38-40,51H,14-29H2,1-9H3,(H,53,54)/t33-,34-,35+,36-,38+,39-,40+,47+,48-,49-,50-/m1/s1. The number of carboxylic acid groups (broad SMARTS) is 1. The van der Waals surface area contributed by atoms with Crippen molar-refractivity contribution in [3.05, 3.63) is 41.0 Å². The lowest BCUT2D eigenvalue weighted by Gasteiger charge is -2.72. The van der Waals surface area contributed by atoms with E-state index in [1.54, 1.807) is 5.57 Å². The van der Waals surface area contributed by atoms with Crippen LogP contribution in [0.25, 0.3) is 0 Å². The molecule has 0 aromatic heterocycles. The SMILES string of the molecule is CC(C)C1=C2[C@H]3CC[C@@H]4[C@@]5(C)CC[C@H](OC(=O)[C@H]6C[C@@H](C(=O)O)C6(C)C)C(C)(C)[C@@H]5CC[C@@]4(C)[C@]3(C)CC[C@@]2(CCNCc2ccc(O[C@@H]3CCOC3)cc2)CC1=O. The van der Waals surface area contributed by atoms with Gasteiger partial charge in [-0.3, -0.25) is 14.4 Å². The van der Waals surface area contributed by atoms with Gasteiger partial charge in [-0.05, 0) is 139 Å². The van der Waals surface area contributed by atoms with Crippen molar-refractivity contribution < 1.29 is 33.7 Å². The number of ketones is 1. The van der Waals surface area contributed by atoms with Gasteiger partial charge in [-0.15, -0.1) is 0 Å².